The van der Waals surface area contributed by atoms with Gasteiger partial charge in [-0.05, 0) is 54.6 Å². The van der Waals surface area contributed by atoms with Gasteiger partial charge in [-0.25, -0.2) is 0 Å². The lowest BCUT2D eigenvalue weighted by molar-refractivity contribution is 0.103. The number of aromatic amines is 1. The number of carbonyl (C=O) groups is 1. The molecule has 0 aliphatic rings. The predicted octanol–water partition coefficient (Wildman–Crippen LogP) is 4.90. The Kier molecular flexibility index (Phi) is 3.71. The lowest BCUT2D eigenvalue weighted by Gasteiger charge is -2.06. The molecule has 4 heteroatoms. The minimum absolute atomic E-state index is 0.109. The molecule has 0 saturated carbocycles. The van der Waals surface area contributed by atoms with Gasteiger partial charge < -0.3 is 14.8 Å². The molecule has 25 heavy (non-hydrogen) atoms. The first-order valence-electron chi connectivity index (χ1n) is 7.88. The number of hydrogen-bond donors (Lipinski definition) is 2. The number of H-pyrrole nitrogens is 1. The molecule has 0 bridgehead atoms. The number of fused-ring (bicyclic) bond motifs is 1. The highest BCUT2D eigenvalue weighted by atomic mass is 16.5. The van der Waals surface area contributed by atoms with Gasteiger partial charge in [-0.15, -0.1) is 0 Å². The first-order valence-corrected chi connectivity index (χ1v) is 7.88. The zero-order valence-electron chi connectivity index (χ0n) is 13.3. The quantitative estimate of drug-likeness (QED) is 0.524. The van der Waals surface area contributed by atoms with E-state index in [9.17, 15) is 9.90 Å². The number of ether oxygens (including phenoxy) is 1. The molecule has 0 spiro atoms. The molecule has 2 N–H and O–H groups in total. The van der Waals surface area contributed by atoms with Gasteiger partial charge in [0.15, 0.2) is 0 Å². The van der Waals surface area contributed by atoms with Crippen LogP contribution in [0.4, 0.5) is 0 Å². The van der Waals surface area contributed by atoms with Crippen LogP contribution in [0.15, 0.2) is 78.9 Å². The number of phenolic OH excluding ortho intramolecular Hbond substituents is 1. The van der Waals surface area contributed by atoms with E-state index < -0.39 is 0 Å². The fourth-order valence-electron chi connectivity index (χ4n) is 2.69. The van der Waals surface area contributed by atoms with Gasteiger partial charge in [0, 0.05) is 22.5 Å². The Morgan fingerprint density at radius 1 is 0.840 bits per heavy atom. The fourth-order valence-corrected chi connectivity index (χ4v) is 2.69. The molecule has 0 fully saturated rings. The highest BCUT2D eigenvalue weighted by Gasteiger charge is 2.12. The van der Waals surface area contributed by atoms with Crippen molar-refractivity contribution in [3.05, 3.63) is 90.1 Å². The number of aromatic nitrogens is 1. The van der Waals surface area contributed by atoms with E-state index in [2.05, 4.69) is 4.98 Å². The fraction of sp³-hybridized carbons (Fsp3) is 0. The first kappa shape index (κ1) is 15.0. The number of aromatic hydroxyl groups is 1. The van der Waals surface area contributed by atoms with Crippen LogP contribution in [0.2, 0.25) is 0 Å². The van der Waals surface area contributed by atoms with E-state index in [1.165, 1.54) is 0 Å². The van der Waals surface area contributed by atoms with Crippen molar-refractivity contribution < 1.29 is 14.6 Å². The van der Waals surface area contributed by atoms with Crippen molar-refractivity contribution in [2.24, 2.45) is 0 Å². The average Bonchev–Trinajstić information content (AvgIpc) is 3.06. The summed E-state index contributed by atoms with van der Waals surface area (Å²) in [6, 6.07) is 23.3. The molecule has 4 rings (SSSR count). The van der Waals surface area contributed by atoms with Crippen molar-refractivity contribution in [1.29, 1.82) is 0 Å². The summed E-state index contributed by atoms with van der Waals surface area (Å²) >= 11 is 0. The van der Waals surface area contributed by atoms with Crippen LogP contribution in [-0.2, 0) is 0 Å². The van der Waals surface area contributed by atoms with Crippen molar-refractivity contribution in [2.45, 2.75) is 0 Å². The first-order chi connectivity index (χ1) is 12.2. The van der Waals surface area contributed by atoms with Crippen molar-refractivity contribution in [2.75, 3.05) is 0 Å². The Hall–Kier alpha value is -3.53. The molecular formula is C21H15NO3. The number of rotatable bonds is 4. The van der Waals surface area contributed by atoms with Crippen LogP contribution in [0.5, 0.6) is 17.2 Å². The van der Waals surface area contributed by atoms with Crippen molar-refractivity contribution in [3.8, 4) is 17.2 Å². The monoisotopic (exact) mass is 329 g/mol. The van der Waals surface area contributed by atoms with E-state index in [4.69, 9.17) is 4.74 Å². The van der Waals surface area contributed by atoms with Crippen LogP contribution >= 0.6 is 0 Å². The second-order valence-corrected chi connectivity index (χ2v) is 5.72. The van der Waals surface area contributed by atoms with E-state index in [0.29, 0.717) is 17.0 Å². The summed E-state index contributed by atoms with van der Waals surface area (Å²) in [4.78, 5) is 15.7. The van der Waals surface area contributed by atoms with E-state index in [1.54, 1.807) is 48.5 Å². The Morgan fingerprint density at radius 3 is 2.32 bits per heavy atom. The maximum Gasteiger partial charge on any atom is 0.209 e. The van der Waals surface area contributed by atoms with Crippen molar-refractivity contribution in [1.82, 2.24) is 4.98 Å². The van der Waals surface area contributed by atoms with Gasteiger partial charge >= 0.3 is 0 Å². The minimum Gasteiger partial charge on any atom is -0.508 e. The lowest BCUT2D eigenvalue weighted by atomic mass is 10.1. The number of para-hydroxylation sites is 1. The molecule has 0 saturated heterocycles. The third-order valence-electron chi connectivity index (χ3n) is 3.95. The summed E-state index contributed by atoms with van der Waals surface area (Å²) < 4.78 is 5.73. The van der Waals surface area contributed by atoms with Crippen LogP contribution in [0.1, 0.15) is 16.1 Å². The van der Waals surface area contributed by atoms with Gasteiger partial charge in [-0.3, -0.25) is 4.79 Å². The summed E-state index contributed by atoms with van der Waals surface area (Å²) in [6.07, 6.45) is 0. The number of phenols is 1. The topological polar surface area (TPSA) is 62.3 Å². The Labute approximate surface area is 144 Å². The van der Waals surface area contributed by atoms with Gasteiger partial charge in [-0.1, -0.05) is 18.2 Å². The summed E-state index contributed by atoms with van der Waals surface area (Å²) in [7, 11) is 0. The van der Waals surface area contributed by atoms with E-state index >= 15 is 0 Å². The summed E-state index contributed by atoms with van der Waals surface area (Å²) in [5, 5.41) is 10.4. The van der Waals surface area contributed by atoms with Crippen LogP contribution in [-0.4, -0.2) is 15.9 Å². The minimum atomic E-state index is -0.109. The molecule has 3 aromatic carbocycles. The lowest BCUT2D eigenvalue weighted by Crippen LogP contribution is -2.01. The largest absolute Gasteiger partial charge is 0.508 e. The molecule has 0 aliphatic carbocycles. The molecule has 122 valence electrons. The van der Waals surface area contributed by atoms with E-state index in [-0.39, 0.29) is 11.5 Å². The van der Waals surface area contributed by atoms with Crippen LogP contribution in [0, 0.1) is 0 Å². The Morgan fingerprint density at radius 2 is 1.56 bits per heavy atom. The smallest absolute Gasteiger partial charge is 0.209 e. The van der Waals surface area contributed by atoms with Crippen molar-refractivity contribution in [3.63, 3.8) is 0 Å². The molecule has 0 amide bonds. The molecule has 1 heterocycles. The highest BCUT2D eigenvalue weighted by Crippen LogP contribution is 2.24. The normalized spacial score (nSPS) is 10.7. The SMILES string of the molecule is O=C(c1ccc(Oc2ccccc2)cc1)c1cc2ccc(O)cc2[nH]1. The van der Waals surface area contributed by atoms with E-state index in [1.807, 2.05) is 30.3 Å². The van der Waals surface area contributed by atoms with Gasteiger partial charge in [0.1, 0.15) is 17.2 Å². The predicted molar refractivity (Wildman–Crippen MR) is 96.4 cm³/mol. The summed E-state index contributed by atoms with van der Waals surface area (Å²) in [6.45, 7) is 0. The van der Waals surface area contributed by atoms with Crippen LogP contribution in [0.25, 0.3) is 10.9 Å². The van der Waals surface area contributed by atoms with Gasteiger partial charge in [0.05, 0.1) is 5.69 Å². The molecular weight excluding hydrogens is 314 g/mol. The number of benzene rings is 3. The maximum atomic E-state index is 12.6. The standard InChI is InChI=1S/C21H15NO3/c23-16-9-6-15-12-20(22-19(15)13-16)21(24)14-7-10-18(11-8-14)25-17-4-2-1-3-5-17/h1-13,22-23H. The number of nitrogens with one attached hydrogen (secondary N) is 1. The molecule has 0 atom stereocenters. The summed E-state index contributed by atoms with van der Waals surface area (Å²) in [5.74, 6) is 1.47. The molecule has 4 nitrogen and oxygen atoms in total. The van der Waals surface area contributed by atoms with Crippen LogP contribution < -0.4 is 4.74 Å². The number of carbonyl (C=O) groups excluding carboxylic acids is 1. The summed E-state index contributed by atoms with van der Waals surface area (Å²) in [5.41, 5.74) is 1.78. The highest BCUT2D eigenvalue weighted by molar-refractivity contribution is 6.10. The zero-order chi connectivity index (χ0) is 17.2. The zero-order valence-corrected chi connectivity index (χ0v) is 13.3. The Bertz CT molecular complexity index is 1030. The second kappa shape index (κ2) is 6.17. The van der Waals surface area contributed by atoms with E-state index in [0.717, 1.165) is 16.7 Å². The van der Waals surface area contributed by atoms with Crippen molar-refractivity contribution >= 4 is 16.7 Å². The second-order valence-electron chi connectivity index (χ2n) is 5.72. The van der Waals surface area contributed by atoms with Gasteiger partial charge in [-0.2, -0.15) is 0 Å². The maximum absolute atomic E-state index is 12.6. The molecule has 0 unspecified atom stereocenters. The third kappa shape index (κ3) is 3.10. The molecule has 0 aliphatic heterocycles. The van der Waals surface area contributed by atoms with Gasteiger partial charge in [0.2, 0.25) is 5.78 Å². The third-order valence-corrected chi connectivity index (χ3v) is 3.95. The average molecular weight is 329 g/mol. The van der Waals surface area contributed by atoms with Gasteiger partial charge in [0.25, 0.3) is 0 Å². The molecule has 0 radical (unpaired) electrons. The molecule has 1 aromatic heterocycles. The Balaban J connectivity index is 1.57. The van der Waals surface area contributed by atoms with Crippen LogP contribution in [0.3, 0.4) is 0 Å². The number of hydrogen-bond acceptors (Lipinski definition) is 3. The molecule has 4 aromatic rings. The number of ketones is 1.